The zero-order chi connectivity index (χ0) is 14.0. The van der Waals surface area contributed by atoms with Crippen LogP contribution in [-0.2, 0) is 0 Å². The molecule has 0 radical (unpaired) electrons. The number of hydrogen-bond donors (Lipinski definition) is 2. The normalized spacial score (nSPS) is 10.3. The van der Waals surface area contributed by atoms with Crippen LogP contribution in [0.5, 0.6) is 0 Å². The molecule has 0 bridgehead atoms. The van der Waals surface area contributed by atoms with E-state index in [4.69, 9.17) is 17.3 Å². The van der Waals surface area contributed by atoms with E-state index in [0.717, 1.165) is 6.07 Å². The van der Waals surface area contributed by atoms with E-state index in [1.165, 1.54) is 18.5 Å². The van der Waals surface area contributed by atoms with E-state index in [1.807, 2.05) is 0 Å². The lowest BCUT2D eigenvalue weighted by molar-refractivity contribution is 0.102. The number of nitrogens with two attached hydrogens (primary N) is 1. The van der Waals surface area contributed by atoms with Crippen molar-refractivity contribution in [1.29, 1.82) is 0 Å². The Kier molecular flexibility index (Phi) is 3.62. The third-order valence-electron chi connectivity index (χ3n) is 2.34. The molecule has 1 amide bonds. The molecule has 0 saturated carbocycles. The topological polar surface area (TPSA) is 68.0 Å². The van der Waals surface area contributed by atoms with E-state index in [-0.39, 0.29) is 22.0 Å². The fourth-order valence-corrected chi connectivity index (χ4v) is 1.67. The van der Waals surface area contributed by atoms with Gasteiger partial charge in [0.2, 0.25) is 0 Å². The summed E-state index contributed by atoms with van der Waals surface area (Å²) >= 11 is 5.78. The van der Waals surface area contributed by atoms with Crippen LogP contribution in [0.15, 0.2) is 30.6 Å². The lowest BCUT2D eigenvalue weighted by Gasteiger charge is -2.10. The highest BCUT2D eigenvalue weighted by Crippen LogP contribution is 2.25. The number of hydrogen-bond acceptors (Lipinski definition) is 3. The zero-order valence-corrected chi connectivity index (χ0v) is 10.2. The molecule has 0 fully saturated rings. The summed E-state index contributed by atoms with van der Waals surface area (Å²) in [4.78, 5) is 15.6. The Morgan fingerprint density at radius 2 is 2.11 bits per heavy atom. The van der Waals surface area contributed by atoms with Crippen molar-refractivity contribution in [2.45, 2.75) is 0 Å². The molecule has 1 aromatic carbocycles. The van der Waals surface area contributed by atoms with Gasteiger partial charge >= 0.3 is 0 Å². The average molecular weight is 284 g/mol. The molecule has 2 rings (SSSR count). The molecule has 2 aromatic rings. The van der Waals surface area contributed by atoms with Crippen molar-refractivity contribution in [3.8, 4) is 0 Å². The lowest BCUT2D eigenvalue weighted by atomic mass is 10.2. The van der Waals surface area contributed by atoms with Gasteiger partial charge < -0.3 is 11.1 Å². The first-order valence-electron chi connectivity index (χ1n) is 5.14. The molecule has 0 aliphatic heterocycles. The standard InChI is InChI=1S/C12H8ClF2N3O/c13-8-5-17-2-1-7(8)12(19)18-11-9(15)3-6(14)4-10(11)16/h1-5H,16H2,(H,18,19). The van der Waals surface area contributed by atoms with Crippen molar-refractivity contribution in [2.24, 2.45) is 0 Å². The summed E-state index contributed by atoms with van der Waals surface area (Å²) in [5, 5.41) is 2.36. The number of benzene rings is 1. The molecule has 3 N–H and O–H groups in total. The lowest BCUT2D eigenvalue weighted by Crippen LogP contribution is -2.15. The van der Waals surface area contributed by atoms with Gasteiger partial charge in [0, 0.05) is 18.5 Å². The van der Waals surface area contributed by atoms with Gasteiger partial charge in [-0.05, 0) is 12.1 Å². The highest BCUT2D eigenvalue weighted by Gasteiger charge is 2.15. The maximum absolute atomic E-state index is 13.5. The van der Waals surface area contributed by atoms with Crippen LogP contribution in [0.1, 0.15) is 10.4 Å². The SMILES string of the molecule is Nc1cc(F)cc(F)c1NC(=O)c1ccncc1Cl. The van der Waals surface area contributed by atoms with Gasteiger partial charge in [-0.2, -0.15) is 0 Å². The second-order valence-corrected chi connectivity index (χ2v) is 4.07. The molecule has 0 unspecified atom stereocenters. The number of halogens is 3. The molecule has 0 aliphatic carbocycles. The van der Waals surface area contributed by atoms with E-state index >= 15 is 0 Å². The van der Waals surface area contributed by atoms with E-state index in [2.05, 4.69) is 10.3 Å². The minimum atomic E-state index is -0.962. The summed E-state index contributed by atoms with van der Waals surface area (Å²) in [7, 11) is 0. The van der Waals surface area contributed by atoms with Crippen molar-refractivity contribution in [3.05, 3.63) is 52.8 Å². The van der Waals surface area contributed by atoms with E-state index in [9.17, 15) is 13.6 Å². The van der Waals surface area contributed by atoms with Crippen LogP contribution in [-0.4, -0.2) is 10.9 Å². The van der Waals surface area contributed by atoms with Crippen molar-refractivity contribution >= 4 is 28.9 Å². The largest absolute Gasteiger partial charge is 0.397 e. The predicted molar refractivity (Wildman–Crippen MR) is 68.0 cm³/mol. The van der Waals surface area contributed by atoms with Crippen LogP contribution in [0, 0.1) is 11.6 Å². The highest BCUT2D eigenvalue weighted by atomic mass is 35.5. The molecule has 0 spiro atoms. The van der Waals surface area contributed by atoms with Crippen LogP contribution in [0.25, 0.3) is 0 Å². The Hall–Kier alpha value is -2.21. The number of rotatable bonds is 2. The van der Waals surface area contributed by atoms with Crippen molar-refractivity contribution in [2.75, 3.05) is 11.1 Å². The first kappa shape index (κ1) is 13.2. The fourth-order valence-electron chi connectivity index (χ4n) is 1.47. The summed E-state index contributed by atoms with van der Waals surface area (Å²) in [6.45, 7) is 0. The van der Waals surface area contributed by atoms with Crippen LogP contribution >= 0.6 is 11.6 Å². The predicted octanol–water partition coefficient (Wildman–Crippen LogP) is 2.85. The summed E-state index contributed by atoms with van der Waals surface area (Å²) in [5.74, 6) is -2.45. The summed E-state index contributed by atoms with van der Waals surface area (Å²) < 4.78 is 26.4. The maximum Gasteiger partial charge on any atom is 0.257 e. The molecule has 98 valence electrons. The number of anilines is 2. The average Bonchev–Trinajstić information content (AvgIpc) is 2.34. The Balaban J connectivity index is 2.32. The number of nitrogen functional groups attached to an aromatic ring is 1. The second-order valence-electron chi connectivity index (χ2n) is 3.66. The van der Waals surface area contributed by atoms with Crippen LogP contribution in [0.2, 0.25) is 5.02 Å². The smallest absolute Gasteiger partial charge is 0.257 e. The van der Waals surface area contributed by atoms with E-state index in [0.29, 0.717) is 6.07 Å². The van der Waals surface area contributed by atoms with Crippen molar-refractivity contribution < 1.29 is 13.6 Å². The summed E-state index contributed by atoms with van der Waals surface area (Å²) in [5.41, 5.74) is 5.05. The number of pyridine rings is 1. The zero-order valence-electron chi connectivity index (χ0n) is 9.45. The molecule has 7 heteroatoms. The van der Waals surface area contributed by atoms with Crippen molar-refractivity contribution in [3.63, 3.8) is 0 Å². The summed E-state index contributed by atoms with van der Waals surface area (Å²) in [6, 6.07) is 2.91. The Morgan fingerprint density at radius 3 is 2.74 bits per heavy atom. The van der Waals surface area contributed by atoms with Gasteiger partial charge in [0.05, 0.1) is 16.3 Å². The van der Waals surface area contributed by atoms with Crippen LogP contribution < -0.4 is 11.1 Å². The number of nitrogens with one attached hydrogen (secondary N) is 1. The Labute approximate surface area is 112 Å². The van der Waals surface area contributed by atoms with Gasteiger partial charge in [-0.3, -0.25) is 9.78 Å². The fraction of sp³-hybridized carbons (Fsp3) is 0. The van der Waals surface area contributed by atoms with E-state index in [1.54, 1.807) is 0 Å². The first-order valence-corrected chi connectivity index (χ1v) is 5.52. The first-order chi connectivity index (χ1) is 8.99. The molecular formula is C12H8ClF2N3O. The minimum Gasteiger partial charge on any atom is -0.397 e. The van der Waals surface area contributed by atoms with Gasteiger partial charge in [-0.15, -0.1) is 0 Å². The molecule has 0 aliphatic rings. The molecular weight excluding hydrogens is 276 g/mol. The van der Waals surface area contributed by atoms with Crippen molar-refractivity contribution in [1.82, 2.24) is 4.98 Å². The highest BCUT2D eigenvalue weighted by molar-refractivity contribution is 6.34. The molecule has 19 heavy (non-hydrogen) atoms. The number of carbonyl (C=O) groups is 1. The monoisotopic (exact) mass is 283 g/mol. The minimum absolute atomic E-state index is 0.111. The second kappa shape index (κ2) is 5.19. The van der Waals surface area contributed by atoms with Gasteiger partial charge in [-0.1, -0.05) is 11.6 Å². The number of carbonyl (C=O) groups excluding carboxylic acids is 1. The van der Waals surface area contributed by atoms with Gasteiger partial charge in [0.15, 0.2) is 5.82 Å². The Bertz CT molecular complexity index is 626. The Morgan fingerprint density at radius 1 is 1.37 bits per heavy atom. The third kappa shape index (κ3) is 2.79. The summed E-state index contributed by atoms with van der Waals surface area (Å²) in [6.07, 6.45) is 2.64. The third-order valence-corrected chi connectivity index (χ3v) is 2.64. The molecule has 1 heterocycles. The van der Waals surface area contributed by atoms with Crippen LogP contribution in [0.3, 0.4) is 0 Å². The molecule has 1 aromatic heterocycles. The molecule has 0 atom stereocenters. The maximum atomic E-state index is 13.5. The molecule has 0 saturated heterocycles. The molecule has 4 nitrogen and oxygen atoms in total. The number of aromatic nitrogens is 1. The van der Waals surface area contributed by atoms with E-state index < -0.39 is 17.5 Å². The van der Waals surface area contributed by atoms with Gasteiger partial charge in [-0.25, -0.2) is 8.78 Å². The van der Waals surface area contributed by atoms with Crippen LogP contribution in [0.4, 0.5) is 20.2 Å². The van der Waals surface area contributed by atoms with Gasteiger partial charge in [0.25, 0.3) is 5.91 Å². The van der Waals surface area contributed by atoms with Gasteiger partial charge in [0.1, 0.15) is 11.5 Å². The number of amides is 1. The quantitative estimate of drug-likeness (QED) is 0.833. The number of nitrogens with zero attached hydrogens (tertiary/aromatic N) is 1.